The van der Waals surface area contributed by atoms with E-state index >= 15 is 0 Å². The molecule has 5 rings (SSSR count). The van der Waals surface area contributed by atoms with E-state index in [-0.39, 0.29) is 0 Å². The minimum Gasteiger partial charge on any atom is -0.361 e. The Bertz CT molecular complexity index is 1170. The van der Waals surface area contributed by atoms with Crippen LogP contribution in [0.4, 0.5) is 5.69 Å². The molecule has 0 spiro atoms. The number of benzene rings is 2. The zero-order valence-corrected chi connectivity index (χ0v) is 13.2. The van der Waals surface area contributed by atoms with Crippen LogP contribution in [-0.2, 0) is 6.42 Å². The number of azo groups is 1. The largest absolute Gasteiger partial charge is 0.361 e. The van der Waals surface area contributed by atoms with Crippen molar-refractivity contribution in [1.29, 1.82) is 0 Å². The van der Waals surface area contributed by atoms with Crippen molar-refractivity contribution < 1.29 is 0 Å². The van der Waals surface area contributed by atoms with Gasteiger partial charge >= 0.3 is 0 Å². The van der Waals surface area contributed by atoms with Crippen LogP contribution in [0.2, 0.25) is 0 Å². The molecule has 0 aliphatic carbocycles. The Morgan fingerprint density at radius 2 is 1.91 bits per heavy atom. The Hall–Kier alpha value is -2.53. The quantitative estimate of drug-likeness (QED) is 0.410. The van der Waals surface area contributed by atoms with Gasteiger partial charge in [0.1, 0.15) is 0 Å². The number of pyridine rings is 1. The molecule has 2 aromatic carbocycles. The molecule has 2 aromatic heterocycles. The first-order chi connectivity index (χ1) is 11.3. The number of aromatic nitrogens is 2. The lowest BCUT2D eigenvalue weighted by Gasteiger charge is -2.03. The average molecular weight is 318 g/mol. The van der Waals surface area contributed by atoms with Gasteiger partial charge in [-0.1, -0.05) is 24.4 Å². The number of rotatable bonds is 0. The molecule has 0 unspecified atom stereocenters. The van der Waals surface area contributed by atoms with Crippen molar-refractivity contribution in [1.82, 2.24) is 9.97 Å². The summed E-state index contributed by atoms with van der Waals surface area (Å²) in [6.07, 6.45) is 3.97. The van der Waals surface area contributed by atoms with Gasteiger partial charge in [0.25, 0.3) is 0 Å². The van der Waals surface area contributed by atoms with E-state index in [1.54, 1.807) is 0 Å². The second-order valence-electron chi connectivity index (χ2n) is 5.94. The fourth-order valence-corrected chi connectivity index (χ4v) is 3.81. The van der Waals surface area contributed by atoms with E-state index in [4.69, 9.17) is 12.2 Å². The summed E-state index contributed by atoms with van der Waals surface area (Å²) in [7, 11) is 0. The number of nitrogens with one attached hydrogen (secondary N) is 2. The fraction of sp³-hybridized carbons (Fsp3) is 0.167. The maximum absolute atomic E-state index is 5.55. The first-order valence-electron chi connectivity index (χ1n) is 7.78. The van der Waals surface area contributed by atoms with Crippen LogP contribution in [0.25, 0.3) is 32.7 Å². The average Bonchev–Trinajstić information content (AvgIpc) is 2.78. The van der Waals surface area contributed by atoms with Gasteiger partial charge in [0, 0.05) is 33.4 Å². The molecular formula is C18H14N4S. The normalized spacial score (nSPS) is 14.4. The maximum atomic E-state index is 5.55. The third kappa shape index (κ3) is 1.80. The van der Waals surface area contributed by atoms with Gasteiger partial charge in [0.2, 0.25) is 0 Å². The molecule has 0 atom stereocenters. The molecule has 0 fully saturated rings. The third-order valence-corrected chi connectivity index (χ3v) is 4.93. The van der Waals surface area contributed by atoms with Crippen molar-refractivity contribution in [2.24, 2.45) is 10.2 Å². The number of nitrogens with zero attached hydrogens (tertiary/aromatic N) is 2. The predicted molar refractivity (Wildman–Crippen MR) is 96.2 cm³/mol. The Balaban J connectivity index is 2.03. The molecule has 0 saturated heterocycles. The zero-order chi connectivity index (χ0) is 15.4. The second kappa shape index (κ2) is 4.73. The molecule has 4 aromatic rings. The molecule has 0 saturated carbocycles. The van der Waals surface area contributed by atoms with Crippen molar-refractivity contribution >= 4 is 50.6 Å². The number of aromatic amines is 2. The van der Waals surface area contributed by atoms with Crippen LogP contribution in [0, 0.1) is 4.51 Å². The summed E-state index contributed by atoms with van der Waals surface area (Å²) in [4.78, 5) is 6.82. The number of fused-ring (bicyclic) bond motifs is 7. The highest BCUT2D eigenvalue weighted by molar-refractivity contribution is 7.71. The summed E-state index contributed by atoms with van der Waals surface area (Å²) in [5, 5.41) is 12.2. The van der Waals surface area contributed by atoms with E-state index in [9.17, 15) is 0 Å². The summed E-state index contributed by atoms with van der Waals surface area (Å²) in [5.74, 6) is 0. The van der Waals surface area contributed by atoms with Gasteiger partial charge in [-0.05, 0) is 36.6 Å². The predicted octanol–water partition coefficient (Wildman–Crippen LogP) is 5.56. The third-order valence-electron chi connectivity index (χ3n) is 4.59. The summed E-state index contributed by atoms with van der Waals surface area (Å²) in [6, 6.07) is 10.5. The van der Waals surface area contributed by atoms with Gasteiger partial charge in [0.05, 0.1) is 22.3 Å². The molecule has 4 nitrogen and oxygen atoms in total. The van der Waals surface area contributed by atoms with Gasteiger partial charge in [-0.25, -0.2) is 0 Å². The van der Waals surface area contributed by atoms with Gasteiger partial charge in [-0.3, -0.25) is 0 Å². The molecule has 5 heteroatoms. The molecule has 3 heterocycles. The Morgan fingerprint density at radius 1 is 1.00 bits per heavy atom. The topological polar surface area (TPSA) is 56.3 Å². The molecule has 2 N–H and O–H groups in total. The molecule has 1 aliphatic rings. The lowest BCUT2D eigenvalue weighted by molar-refractivity contribution is 0.828. The minimum atomic E-state index is 0.798. The first kappa shape index (κ1) is 13.0. The van der Waals surface area contributed by atoms with Crippen molar-refractivity contribution in [3.63, 3.8) is 0 Å². The lowest BCUT2D eigenvalue weighted by atomic mass is 10.0. The molecule has 112 valence electrons. The number of aryl methyl sites for hydroxylation is 1. The first-order valence-corrected chi connectivity index (χ1v) is 8.19. The van der Waals surface area contributed by atoms with E-state index in [1.807, 2.05) is 12.3 Å². The van der Waals surface area contributed by atoms with Crippen molar-refractivity contribution in [2.45, 2.75) is 12.8 Å². The van der Waals surface area contributed by atoms with E-state index in [0.29, 0.717) is 0 Å². The molecule has 0 amide bonds. The van der Waals surface area contributed by atoms with Crippen LogP contribution >= 0.6 is 12.2 Å². The molecule has 23 heavy (non-hydrogen) atoms. The highest BCUT2D eigenvalue weighted by atomic mass is 32.1. The minimum absolute atomic E-state index is 0.798. The maximum Gasteiger partial charge on any atom is 0.0984 e. The summed E-state index contributed by atoms with van der Waals surface area (Å²) in [6.45, 7) is 0.798. The van der Waals surface area contributed by atoms with Crippen LogP contribution < -0.4 is 0 Å². The number of hydrogen-bond donors (Lipinski definition) is 2. The summed E-state index contributed by atoms with van der Waals surface area (Å²) < 4.78 is 0.851. The SMILES string of the molecule is S=c1cc[nH]c2ccc3c([nH]c4ccc5c(c43)N=NCCC5)c12. The Labute approximate surface area is 137 Å². The second-order valence-corrected chi connectivity index (χ2v) is 6.38. The van der Waals surface area contributed by atoms with Gasteiger partial charge < -0.3 is 9.97 Å². The smallest absolute Gasteiger partial charge is 0.0984 e. The van der Waals surface area contributed by atoms with Crippen molar-refractivity contribution in [3.05, 3.63) is 46.6 Å². The van der Waals surface area contributed by atoms with E-state index < -0.39 is 0 Å². The molecular weight excluding hydrogens is 304 g/mol. The van der Waals surface area contributed by atoms with E-state index in [1.165, 1.54) is 5.56 Å². The highest BCUT2D eigenvalue weighted by Crippen LogP contribution is 2.39. The monoisotopic (exact) mass is 318 g/mol. The summed E-state index contributed by atoms with van der Waals surface area (Å²) in [5.41, 5.74) is 5.50. The Morgan fingerprint density at radius 3 is 2.87 bits per heavy atom. The fourth-order valence-electron chi connectivity index (χ4n) is 3.53. The van der Waals surface area contributed by atoms with Crippen LogP contribution in [0.15, 0.2) is 46.8 Å². The molecule has 0 radical (unpaired) electrons. The zero-order valence-electron chi connectivity index (χ0n) is 12.4. The van der Waals surface area contributed by atoms with Gasteiger partial charge in [-0.2, -0.15) is 10.2 Å². The van der Waals surface area contributed by atoms with E-state index in [0.717, 1.165) is 62.3 Å². The summed E-state index contributed by atoms with van der Waals surface area (Å²) >= 11 is 5.55. The Kier molecular flexibility index (Phi) is 2.67. The van der Waals surface area contributed by atoms with Crippen LogP contribution in [0.1, 0.15) is 12.0 Å². The van der Waals surface area contributed by atoms with Gasteiger partial charge in [-0.15, -0.1) is 0 Å². The number of hydrogen-bond acceptors (Lipinski definition) is 3. The molecule has 1 aliphatic heterocycles. The van der Waals surface area contributed by atoms with Crippen molar-refractivity contribution in [2.75, 3.05) is 6.54 Å². The number of H-pyrrole nitrogens is 2. The van der Waals surface area contributed by atoms with Crippen LogP contribution in [0.5, 0.6) is 0 Å². The molecule has 0 bridgehead atoms. The van der Waals surface area contributed by atoms with Crippen molar-refractivity contribution in [3.8, 4) is 0 Å². The van der Waals surface area contributed by atoms with Crippen LogP contribution in [0.3, 0.4) is 0 Å². The lowest BCUT2D eigenvalue weighted by Crippen LogP contribution is -1.85. The van der Waals surface area contributed by atoms with Gasteiger partial charge in [0.15, 0.2) is 0 Å². The van der Waals surface area contributed by atoms with Crippen LogP contribution in [-0.4, -0.2) is 16.5 Å². The standard InChI is InChI=1S/C18H14N4S/c23-14-7-9-19-12-6-4-11-15-13(21-18(11)16(12)14)5-3-10-2-1-8-20-22-17(10)15/h3-7,9,21H,1-2,8H2,(H,19,23). The highest BCUT2D eigenvalue weighted by Gasteiger charge is 2.16. The van der Waals surface area contributed by atoms with E-state index in [2.05, 4.69) is 44.5 Å².